The number of rotatable bonds is 3. The number of piperazine rings is 1. The number of hydrogen-bond donors (Lipinski definition) is 1. The second kappa shape index (κ2) is 6.04. The number of benzene rings is 1. The third-order valence-corrected chi connectivity index (χ3v) is 4.24. The predicted molar refractivity (Wildman–Crippen MR) is 81.4 cm³/mol. The van der Waals surface area contributed by atoms with Crippen molar-refractivity contribution in [3.63, 3.8) is 0 Å². The van der Waals surface area contributed by atoms with Gasteiger partial charge in [0.15, 0.2) is 0 Å². The Balaban J connectivity index is 2.05. The summed E-state index contributed by atoms with van der Waals surface area (Å²) in [5.41, 5.74) is 2.64. The summed E-state index contributed by atoms with van der Waals surface area (Å²) in [5.74, 6) is 0. The summed E-state index contributed by atoms with van der Waals surface area (Å²) < 4.78 is 1.19. The van der Waals surface area contributed by atoms with Crippen LogP contribution in [0.4, 0.5) is 5.69 Å². The van der Waals surface area contributed by atoms with Crippen LogP contribution in [0.3, 0.4) is 0 Å². The van der Waals surface area contributed by atoms with Gasteiger partial charge in [-0.3, -0.25) is 0 Å². The maximum Gasteiger partial charge on any atom is 0.0371 e. The molecule has 1 N–H and O–H groups in total. The molecule has 1 fully saturated rings. The van der Waals surface area contributed by atoms with Crippen molar-refractivity contribution in [2.24, 2.45) is 0 Å². The molecule has 1 aliphatic heterocycles. The largest absolute Gasteiger partial charge is 0.369 e. The molecular weight excluding hydrogens is 290 g/mol. The normalized spacial score (nSPS) is 20.5. The number of anilines is 1. The Hall–Kier alpha value is -0.580. The van der Waals surface area contributed by atoms with Crippen molar-refractivity contribution in [3.8, 4) is 0 Å². The van der Waals surface area contributed by atoms with Gasteiger partial charge in [-0.2, -0.15) is 0 Å². The minimum absolute atomic E-state index is 0.553. The van der Waals surface area contributed by atoms with Gasteiger partial charge in [-0.25, -0.2) is 0 Å². The van der Waals surface area contributed by atoms with Crippen molar-refractivity contribution in [2.45, 2.75) is 13.0 Å². The molecule has 0 spiro atoms. The highest BCUT2D eigenvalue weighted by atomic mass is 79.9. The molecule has 4 heteroatoms. The van der Waals surface area contributed by atoms with E-state index >= 15 is 0 Å². The number of hydrogen-bond acceptors (Lipinski definition) is 3. The number of nitrogens with one attached hydrogen (secondary N) is 1. The van der Waals surface area contributed by atoms with Crippen molar-refractivity contribution in [3.05, 3.63) is 28.2 Å². The highest BCUT2D eigenvalue weighted by Gasteiger charge is 2.20. The molecule has 0 radical (unpaired) electrons. The number of likely N-dealkylation sites (N-methyl/N-ethyl adjacent to an activating group) is 1. The summed E-state index contributed by atoms with van der Waals surface area (Å²) in [5, 5.41) is 3.58. The first-order valence-electron chi connectivity index (χ1n) is 6.45. The van der Waals surface area contributed by atoms with E-state index in [1.165, 1.54) is 15.7 Å². The molecule has 0 bridgehead atoms. The average Bonchev–Trinajstić information content (AvgIpc) is 2.32. The highest BCUT2D eigenvalue weighted by Crippen LogP contribution is 2.23. The molecule has 1 unspecified atom stereocenters. The molecule has 2 rings (SSSR count). The van der Waals surface area contributed by atoms with Crippen LogP contribution in [-0.4, -0.2) is 51.2 Å². The zero-order valence-corrected chi connectivity index (χ0v) is 13.0. The Labute approximate surface area is 118 Å². The zero-order valence-electron chi connectivity index (χ0n) is 11.4. The van der Waals surface area contributed by atoms with Gasteiger partial charge in [0.1, 0.15) is 0 Å². The number of nitrogens with zero attached hydrogens (tertiary/aromatic N) is 2. The van der Waals surface area contributed by atoms with Gasteiger partial charge in [0.05, 0.1) is 0 Å². The molecule has 100 valence electrons. The van der Waals surface area contributed by atoms with Gasteiger partial charge in [0, 0.05) is 42.4 Å². The standard InChI is InChI=1S/C14H22BrN3/c1-11-8-13(4-5-14(11)15)18-7-6-16-12(10-18)9-17(2)3/h4-5,8,12,16H,6-7,9-10H2,1-3H3. The zero-order chi connectivity index (χ0) is 13.1. The third kappa shape index (κ3) is 3.46. The second-order valence-corrected chi connectivity index (χ2v) is 6.15. The van der Waals surface area contributed by atoms with Crippen LogP contribution in [0.15, 0.2) is 22.7 Å². The van der Waals surface area contributed by atoms with Gasteiger partial charge in [0.2, 0.25) is 0 Å². The molecule has 1 aromatic rings. The highest BCUT2D eigenvalue weighted by molar-refractivity contribution is 9.10. The monoisotopic (exact) mass is 311 g/mol. The van der Waals surface area contributed by atoms with Crippen molar-refractivity contribution in [1.29, 1.82) is 0 Å². The first kappa shape index (κ1) is 13.8. The van der Waals surface area contributed by atoms with Crippen LogP contribution in [0.2, 0.25) is 0 Å². The molecule has 0 amide bonds. The van der Waals surface area contributed by atoms with Crippen LogP contribution in [-0.2, 0) is 0 Å². The van der Waals surface area contributed by atoms with E-state index in [0.29, 0.717) is 6.04 Å². The maximum absolute atomic E-state index is 3.58. The molecule has 1 heterocycles. The SMILES string of the molecule is Cc1cc(N2CCNC(CN(C)C)C2)ccc1Br. The van der Waals surface area contributed by atoms with E-state index in [-0.39, 0.29) is 0 Å². The summed E-state index contributed by atoms with van der Waals surface area (Å²) in [6, 6.07) is 7.17. The van der Waals surface area contributed by atoms with Gasteiger partial charge in [-0.15, -0.1) is 0 Å². The van der Waals surface area contributed by atoms with E-state index in [2.05, 4.69) is 70.3 Å². The molecule has 3 nitrogen and oxygen atoms in total. The van der Waals surface area contributed by atoms with Crippen LogP contribution in [0.25, 0.3) is 0 Å². The van der Waals surface area contributed by atoms with Crippen LogP contribution in [0, 0.1) is 6.92 Å². The van der Waals surface area contributed by atoms with Crippen LogP contribution in [0.5, 0.6) is 0 Å². The molecule has 0 saturated carbocycles. The lowest BCUT2D eigenvalue weighted by Gasteiger charge is -2.36. The first-order valence-corrected chi connectivity index (χ1v) is 7.25. The Bertz CT molecular complexity index is 406. The Kier molecular flexibility index (Phi) is 4.65. The third-order valence-electron chi connectivity index (χ3n) is 3.35. The van der Waals surface area contributed by atoms with Gasteiger partial charge in [0.25, 0.3) is 0 Å². The number of aryl methyl sites for hydroxylation is 1. The van der Waals surface area contributed by atoms with Gasteiger partial charge >= 0.3 is 0 Å². The molecule has 18 heavy (non-hydrogen) atoms. The van der Waals surface area contributed by atoms with Gasteiger partial charge < -0.3 is 15.1 Å². The molecule has 1 aromatic carbocycles. The summed E-state index contributed by atoms with van der Waals surface area (Å²) in [6.07, 6.45) is 0. The van der Waals surface area contributed by atoms with Gasteiger partial charge in [-0.1, -0.05) is 15.9 Å². The Morgan fingerprint density at radius 1 is 1.44 bits per heavy atom. The summed E-state index contributed by atoms with van der Waals surface area (Å²) in [4.78, 5) is 4.72. The predicted octanol–water partition coefficient (Wildman–Crippen LogP) is 2.10. The van der Waals surface area contributed by atoms with Crippen LogP contribution in [0.1, 0.15) is 5.56 Å². The minimum Gasteiger partial charge on any atom is -0.369 e. The second-order valence-electron chi connectivity index (χ2n) is 5.29. The minimum atomic E-state index is 0.553. The average molecular weight is 312 g/mol. The van der Waals surface area contributed by atoms with Crippen molar-refractivity contribution in [2.75, 3.05) is 45.2 Å². The quantitative estimate of drug-likeness (QED) is 0.922. The van der Waals surface area contributed by atoms with Crippen molar-refractivity contribution >= 4 is 21.6 Å². The van der Waals surface area contributed by atoms with E-state index in [0.717, 1.165) is 26.2 Å². The van der Waals surface area contributed by atoms with Crippen molar-refractivity contribution < 1.29 is 0 Å². The maximum atomic E-state index is 3.58. The lowest BCUT2D eigenvalue weighted by molar-refractivity contribution is 0.323. The van der Waals surface area contributed by atoms with Gasteiger partial charge in [-0.05, 0) is 44.8 Å². The molecule has 0 aromatic heterocycles. The fourth-order valence-corrected chi connectivity index (χ4v) is 2.70. The summed E-state index contributed by atoms with van der Waals surface area (Å²) in [7, 11) is 4.26. The molecule has 1 saturated heterocycles. The smallest absolute Gasteiger partial charge is 0.0371 e. The van der Waals surface area contributed by atoms with E-state index in [9.17, 15) is 0 Å². The molecule has 1 atom stereocenters. The lowest BCUT2D eigenvalue weighted by atomic mass is 10.1. The van der Waals surface area contributed by atoms with E-state index in [4.69, 9.17) is 0 Å². The fraction of sp³-hybridized carbons (Fsp3) is 0.571. The number of halogens is 1. The summed E-state index contributed by atoms with van der Waals surface area (Å²) >= 11 is 3.56. The molecule has 1 aliphatic rings. The lowest BCUT2D eigenvalue weighted by Crippen LogP contribution is -2.54. The van der Waals surface area contributed by atoms with Crippen LogP contribution < -0.4 is 10.2 Å². The summed E-state index contributed by atoms with van der Waals surface area (Å²) in [6.45, 7) is 6.47. The molecular formula is C14H22BrN3. The van der Waals surface area contributed by atoms with Crippen molar-refractivity contribution in [1.82, 2.24) is 10.2 Å². The molecule has 0 aliphatic carbocycles. The first-order chi connectivity index (χ1) is 8.56. The Morgan fingerprint density at radius 3 is 2.89 bits per heavy atom. The van der Waals surface area contributed by atoms with E-state index in [1.54, 1.807) is 0 Å². The Morgan fingerprint density at radius 2 is 2.22 bits per heavy atom. The van der Waals surface area contributed by atoms with E-state index < -0.39 is 0 Å². The topological polar surface area (TPSA) is 18.5 Å². The fourth-order valence-electron chi connectivity index (χ4n) is 2.45. The van der Waals surface area contributed by atoms with E-state index in [1.807, 2.05) is 0 Å². The van der Waals surface area contributed by atoms with Crippen LogP contribution >= 0.6 is 15.9 Å².